The fraction of sp³-hybridized carbons (Fsp3) is 0.421. The maximum atomic E-state index is 4.14. The molecule has 0 saturated carbocycles. The second-order valence-electron chi connectivity index (χ2n) is 6.28. The van der Waals surface area contributed by atoms with Crippen molar-refractivity contribution in [3.05, 3.63) is 59.9 Å². The van der Waals surface area contributed by atoms with Gasteiger partial charge in [-0.3, -0.25) is 9.88 Å². The van der Waals surface area contributed by atoms with E-state index in [1.54, 1.807) is 0 Å². The van der Waals surface area contributed by atoms with Gasteiger partial charge in [-0.15, -0.1) is 0 Å². The maximum Gasteiger partial charge on any atom is 0.0400 e. The summed E-state index contributed by atoms with van der Waals surface area (Å²) in [4.78, 5) is 6.72. The third kappa shape index (κ3) is 4.08. The highest BCUT2D eigenvalue weighted by atomic mass is 15.1. The van der Waals surface area contributed by atoms with Crippen LogP contribution >= 0.6 is 0 Å². The van der Waals surface area contributed by atoms with Crippen molar-refractivity contribution in [1.29, 1.82) is 0 Å². The quantitative estimate of drug-likeness (QED) is 0.911. The number of benzene rings is 1. The van der Waals surface area contributed by atoms with Gasteiger partial charge in [0.25, 0.3) is 0 Å². The van der Waals surface area contributed by atoms with E-state index < -0.39 is 0 Å². The summed E-state index contributed by atoms with van der Waals surface area (Å²) in [6.45, 7) is 6.68. The molecule has 0 spiro atoms. The van der Waals surface area contributed by atoms with E-state index >= 15 is 0 Å². The first-order valence-electron chi connectivity index (χ1n) is 8.22. The van der Waals surface area contributed by atoms with E-state index in [2.05, 4.69) is 58.5 Å². The average molecular weight is 295 g/mol. The topological polar surface area (TPSA) is 28.2 Å². The number of nitrogens with one attached hydrogen (secondary N) is 1. The third-order valence-electron chi connectivity index (χ3n) is 4.56. The number of pyridine rings is 1. The lowest BCUT2D eigenvalue weighted by Gasteiger charge is -2.32. The summed E-state index contributed by atoms with van der Waals surface area (Å²) < 4.78 is 0. The largest absolute Gasteiger partial charge is 0.384 e. The van der Waals surface area contributed by atoms with Crippen LogP contribution in [-0.4, -0.2) is 29.5 Å². The van der Waals surface area contributed by atoms with Crippen molar-refractivity contribution < 1.29 is 0 Å². The number of anilines is 1. The van der Waals surface area contributed by atoms with Gasteiger partial charge in [0.2, 0.25) is 0 Å². The van der Waals surface area contributed by atoms with Crippen LogP contribution in [0.25, 0.3) is 0 Å². The molecule has 1 aromatic carbocycles. The number of likely N-dealkylation sites (tertiary alicyclic amines) is 1. The van der Waals surface area contributed by atoms with E-state index in [0.717, 1.165) is 19.0 Å². The molecular weight excluding hydrogens is 270 g/mol. The minimum atomic E-state index is 0.777. The highest BCUT2D eigenvalue weighted by molar-refractivity contribution is 5.48. The number of rotatable bonds is 5. The summed E-state index contributed by atoms with van der Waals surface area (Å²) in [5.41, 5.74) is 3.87. The van der Waals surface area contributed by atoms with E-state index in [0.29, 0.717) is 0 Å². The Bertz CT molecular complexity index is 574. The zero-order valence-electron chi connectivity index (χ0n) is 13.3. The van der Waals surface area contributed by atoms with Crippen LogP contribution in [0, 0.1) is 12.8 Å². The minimum Gasteiger partial charge on any atom is -0.384 e. The zero-order chi connectivity index (χ0) is 15.2. The fourth-order valence-electron chi connectivity index (χ4n) is 3.12. The van der Waals surface area contributed by atoms with Gasteiger partial charge in [0.05, 0.1) is 0 Å². The lowest BCUT2D eigenvalue weighted by Crippen LogP contribution is -2.35. The lowest BCUT2D eigenvalue weighted by molar-refractivity contribution is 0.182. The summed E-state index contributed by atoms with van der Waals surface area (Å²) in [5, 5.41) is 3.59. The molecular formula is C19H25N3. The number of aromatic nitrogens is 1. The molecule has 2 heterocycles. The number of nitrogens with zero attached hydrogens (tertiary/aromatic N) is 2. The molecule has 3 nitrogen and oxygen atoms in total. The fourth-order valence-corrected chi connectivity index (χ4v) is 3.12. The Labute approximate surface area is 133 Å². The van der Waals surface area contributed by atoms with E-state index in [9.17, 15) is 0 Å². The van der Waals surface area contributed by atoms with Crippen molar-refractivity contribution in [3.63, 3.8) is 0 Å². The van der Waals surface area contributed by atoms with Gasteiger partial charge in [-0.05, 0) is 56.0 Å². The SMILES string of the molecule is Cc1cnccc1NCC1CCN(Cc2ccccc2)CC1. The molecule has 1 N–H and O–H groups in total. The van der Waals surface area contributed by atoms with Crippen molar-refractivity contribution in [2.45, 2.75) is 26.3 Å². The standard InChI is InChI=1S/C19H25N3/c1-16-13-20-10-7-19(16)21-14-17-8-11-22(12-9-17)15-18-5-3-2-4-6-18/h2-7,10,13,17H,8-9,11-12,14-15H2,1H3,(H,20,21). The van der Waals surface area contributed by atoms with E-state index in [-0.39, 0.29) is 0 Å². The highest BCUT2D eigenvalue weighted by Gasteiger charge is 2.19. The molecule has 0 unspecified atom stereocenters. The summed E-state index contributed by atoms with van der Waals surface area (Å²) in [5.74, 6) is 0.777. The molecule has 3 heteroatoms. The van der Waals surface area contributed by atoms with Crippen molar-refractivity contribution in [3.8, 4) is 0 Å². The van der Waals surface area contributed by atoms with Crippen molar-refractivity contribution in [1.82, 2.24) is 9.88 Å². The molecule has 0 aliphatic carbocycles. The Morgan fingerprint density at radius 3 is 2.64 bits per heavy atom. The monoisotopic (exact) mass is 295 g/mol. The van der Waals surface area contributed by atoms with Gasteiger partial charge in [0.1, 0.15) is 0 Å². The summed E-state index contributed by atoms with van der Waals surface area (Å²) in [6.07, 6.45) is 6.34. The van der Waals surface area contributed by atoms with Crippen LogP contribution < -0.4 is 5.32 Å². The number of piperidine rings is 1. The molecule has 1 saturated heterocycles. The van der Waals surface area contributed by atoms with Crippen LogP contribution in [0.2, 0.25) is 0 Å². The van der Waals surface area contributed by atoms with E-state index in [1.807, 2.05) is 12.4 Å². The van der Waals surface area contributed by atoms with Gasteiger partial charge < -0.3 is 5.32 Å². The molecule has 0 atom stereocenters. The predicted octanol–water partition coefficient (Wildman–Crippen LogP) is 3.71. The average Bonchev–Trinajstić information content (AvgIpc) is 2.56. The van der Waals surface area contributed by atoms with Crippen LogP contribution in [0.1, 0.15) is 24.0 Å². The van der Waals surface area contributed by atoms with Gasteiger partial charge in [0.15, 0.2) is 0 Å². The van der Waals surface area contributed by atoms with Crippen LogP contribution in [0.5, 0.6) is 0 Å². The Hall–Kier alpha value is -1.87. The lowest BCUT2D eigenvalue weighted by atomic mass is 9.96. The van der Waals surface area contributed by atoms with Crippen molar-refractivity contribution in [2.75, 3.05) is 25.0 Å². The highest BCUT2D eigenvalue weighted by Crippen LogP contribution is 2.20. The molecule has 1 fully saturated rings. The molecule has 22 heavy (non-hydrogen) atoms. The zero-order valence-corrected chi connectivity index (χ0v) is 13.3. The molecule has 0 bridgehead atoms. The normalized spacial score (nSPS) is 16.6. The number of hydrogen-bond acceptors (Lipinski definition) is 3. The second kappa shape index (κ2) is 7.41. The molecule has 0 amide bonds. The van der Waals surface area contributed by atoms with Crippen molar-refractivity contribution >= 4 is 5.69 Å². The molecule has 0 radical (unpaired) electrons. The maximum absolute atomic E-state index is 4.14. The first-order valence-corrected chi connectivity index (χ1v) is 8.22. The van der Waals surface area contributed by atoms with Gasteiger partial charge in [-0.2, -0.15) is 0 Å². The molecule has 3 rings (SSSR count). The second-order valence-corrected chi connectivity index (χ2v) is 6.28. The summed E-state index contributed by atoms with van der Waals surface area (Å²) in [7, 11) is 0. The predicted molar refractivity (Wildman–Crippen MR) is 91.9 cm³/mol. The summed E-state index contributed by atoms with van der Waals surface area (Å²) in [6, 6.07) is 12.9. The van der Waals surface area contributed by atoms with Gasteiger partial charge >= 0.3 is 0 Å². The van der Waals surface area contributed by atoms with Crippen LogP contribution in [0.15, 0.2) is 48.8 Å². The Morgan fingerprint density at radius 2 is 1.91 bits per heavy atom. The Morgan fingerprint density at radius 1 is 1.14 bits per heavy atom. The Balaban J connectivity index is 1.43. The first-order chi connectivity index (χ1) is 10.8. The third-order valence-corrected chi connectivity index (χ3v) is 4.56. The van der Waals surface area contributed by atoms with Gasteiger partial charge in [-0.1, -0.05) is 30.3 Å². The van der Waals surface area contributed by atoms with E-state index in [1.165, 1.54) is 42.7 Å². The van der Waals surface area contributed by atoms with Gasteiger partial charge in [-0.25, -0.2) is 0 Å². The minimum absolute atomic E-state index is 0.777. The number of hydrogen-bond donors (Lipinski definition) is 1. The van der Waals surface area contributed by atoms with Crippen LogP contribution in [-0.2, 0) is 6.54 Å². The van der Waals surface area contributed by atoms with Gasteiger partial charge in [0, 0.05) is 31.2 Å². The molecule has 1 aromatic heterocycles. The number of aryl methyl sites for hydroxylation is 1. The molecule has 2 aromatic rings. The molecule has 116 valence electrons. The molecule has 1 aliphatic heterocycles. The van der Waals surface area contributed by atoms with Crippen molar-refractivity contribution in [2.24, 2.45) is 5.92 Å². The summed E-state index contributed by atoms with van der Waals surface area (Å²) >= 11 is 0. The Kier molecular flexibility index (Phi) is 5.07. The first kappa shape index (κ1) is 15.0. The van der Waals surface area contributed by atoms with Crippen LogP contribution in [0.4, 0.5) is 5.69 Å². The van der Waals surface area contributed by atoms with Crippen LogP contribution in [0.3, 0.4) is 0 Å². The smallest absolute Gasteiger partial charge is 0.0400 e. The van der Waals surface area contributed by atoms with E-state index in [4.69, 9.17) is 0 Å². The molecule has 1 aliphatic rings.